The Morgan fingerprint density at radius 3 is 2.36 bits per heavy atom. The fourth-order valence-electron chi connectivity index (χ4n) is 6.16. The van der Waals surface area contributed by atoms with Crippen LogP contribution in [-0.4, -0.2) is 37.3 Å². The summed E-state index contributed by atoms with van der Waals surface area (Å²) in [5.41, 5.74) is 4.13. The van der Waals surface area contributed by atoms with Crippen LogP contribution in [0.3, 0.4) is 0 Å². The molecule has 3 aliphatic rings. The Hall–Kier alpha value is -1.21. The molecule has 2 aromatic carbocycles. The van der Waals surface area contributed by atoms with Gasteiger partial charge in [-0.2, -0.15) is 4.31 Å². The van der Waals surface area contributed by atoms with Gasteiger partial charge in [0.25, 0.3) is 0 Å². The predicted molar refractivity (Wildman–Crippen MR) is 155 cm³/mol. The Kier molecular flexibility index (Phi) is 7.71. The van der Waals surface area contributed by atoms with E-state index in [2.05, 4.69) is 74.6 Å². The van der Waals surface area contributed by atoms with E-state index in [-0.39, 0.29) is 10.8 Å². The Morgan fingerprint density at radius 2 is 1.69 bits per heavy atom. The lowest BCUT2D eigenvalue weighted by Gasteiger charge is -2.51. The Balaban J connectivity index is 1.43. The average molecular weight is 542 g/mol. The number of sulfonamides is 1. The summed E-state index contributed by atoms with van der Waals surface area (Å²) in [6.45, 7) is 7.72. The molecule has 0 amide bonds. The third-order valence-corrected chi connectivity index (χ3v) is 13.0. The van der Waals surface area contributed by atoms with Crippen molar-refractivity contribution < 1.29 is 8.42 Å². The Bertz CT molecular complexity index is 1190. The summed E-state index contributed by atoms with van der Waals surface area (Å²) >= 11 is 4.11. The number of hydrogen-bond acceptors (Lipinski definition) is 4. The molecule has 5 rings (SSSR count). The van der Waals surface area contributed by atoms with Gasteiger partial charge in [-0.15, -0.1) is 23.5 Å². The Labute approximate surface area is 226 Å². The summed E-state index contributed by atoms with van der Waals surface area (Å²) in [7, 11) is -3.53. The first kappa shape index (κ1) is 26.4. The molecule has 3 nitrogen and oxygen atoms in total. The van der Waals surface area contributed by atoms with Crippen LogP contribution in [0.25, 0.3) is 0 Å². The monoisotopic (exact) mass is 541 g/mol. The molecule has 2 aliphatic heterocycles. The fraction of sp³-hybridized carbons (Fsp3) is 0.533. The van der Waals surface area contributed by atoms with Crippen molar-refractivity contribution in [1.29, 1.82) is 0 Å². The quantitative estimate of drug-likeness (QED) is 0.402. The topological polar surface area (TPSA) is 37.4 Å². The van der Waals surface area contributed by atoms with Gasteiger partial charge in [0.05, 0.1) is 4.90 Å². The normalized spacial score (nSPS) is 26.0. The maximum Gasteiger partial charge on any atom is 0.243 e. The molecular formula is C30H39NO2S3. The van der Waals surface area contributed by atoms with Crippen LogP contribution < -0.4 is 0 Å². The number of benzene rings is 2. The molecule has 0 aromatic heterocycles. The van der Waals surface area contributed by atoms with Crippen LogP contribution in [0.5, 0.6) is 0 Å². The smallest absolute Gasteiger partial charge is 0.207 e. The largest absolute Gasteiger partial charge is 0.243 e. The van der Waals surface area contributed by atoms with Gasteiger partial charge in [0, 0.05) is 17.3 Å². The van der Waals surface area contributed by atoms with Gasteiger partial charge in [-0.25, -0.2) is 8.42 Å². The predicted octanol–water partition coefficient (Wildman–Crippen LogP) is 7.49. The molecule has 0 N–H and O–H groups in total. The first-order valence-corrected chi connectivity index (χ1v) is 16.7. The minimum absolute atomic E-state index is 0.00357. The highest BCUT2D eigenvalue weighted by molar-refractivity contribution is 8.22. The van der Waals surface area contributed by atoms with Gasteiger partial charge < -0.3 is 0 Å². The van der Waals surface area contributed by atoms with Gasteiger partial charge in [0.1, 0.15) is 0 Å². The van der Waals surface area contributed by atoms with Crippen molar-refractivity contribution in [2.75, 3.05) is 24.6 Å². The van der Waals surface area contributed by atoms with Gasteiger partial charge in [-0.1, -0.05) is 63.2 Å². The van der Waals surface area contributed by atoms with Crippen LogP contribution >= 0.6 is 23.5 Å². The van der Waals surface area contributed by atoms with Crippen LogP contribution in [0.15, 0.2) is 69.3 Å². The first-order valence-electron chi connectivity index (χ1n) is 13.3. The molecule has 2 heterocycles. The van der Waals surface area contributed by atoms with Crippen molar-refractivity contribution in [2.24, 2.45) is 11.3 Å². The molecule has 36 heavy (non-hydrogen) atoms. The van der Waals surface area contributed by atoms with Gasteiger partial charge in [0.2, 0.25) is 10.0 Å². The lowest BCUT2D eigenvalue weighted by molar-refractivity contribution is 0.0419. The van der Waals surface area contributed by atoms with Crippen LogP contribution in [0.4, 0.5) is 0 Å². The number of rotatable bonds is 4. The lowest BCUT2D eigenvalue weighted by atomic mass is 9.60. The molecule has 0 spiro atoms. The number of fused-ring (bicyclic) bond motifs is 1. The molecule has 3 fully saturated rings. The summed E-state index contributed by atoms with van der Waals surface area (Å²) in [5, 5.41) is 0. The highest BCUT2D eigenvalue weighted by Crippen LogP contribution is 2.53. The highest BCUT2D eigenvalue weighted by atomic mass is 32.2. The molecule has 6 heteroatoms. The van der Waals surface area contributed by atoms with E-state index in [1.807, 2.05) is 24.3 Å². The first-order chi connectivity index (χ1) is 17.2. The third-order valence-electron chi connectivity index (χ3n) is 8.30. The summed E-state index contributed by atoms with van der Waals surface area (Å²) in [4.78, 5) is 0.428. The van der Waals surface area contributed by atoms with Crippen molar-refractivity contribution in [3.05, 3.63) is 75.5 Å². The van der Waals surface area contributed by atoms with E-state index >= 15 is 0 Å². The van der Waals surface area contributed by atoms with Crippen LogP contribution in [0.2, 0.25) is 0 Å². The van der Waals surface area contributed by atoms with E-state index in [0.717, 1.165) is 37.7 Å². The molecule has 2 unspecified atom stereocenters. The molecular weight excluding hydrogens is 503 g/mol. The second kappa shape index (κ2) is 10.5. The van der Waals surface area contributed by atoms with Crippen LogP contribution in [0.1, 0.15) is 64.0 Å². The zero-order chi connectivity index (χ0) is 25.4. The second-order valence-electron chi connectivity index (χ2n) is 11.8. The minimum atomic E-state index is -3.53. The summed E-state index contributed by atoms with van der Waals surface area (Å²) in [6, 6.07) is 18.3. The summed E-state index contributed by atoms with van der Waals surface area (Å²) < 4.78 is 31.1. The zero-order valence-corrected chi connectivity index (χ0v) is 24.3. The van der Waals surface area contributed by atoms with E-state index in [4.69, 9.17) is 0 Å². The number of nitrogens with zero attached hydrogens (tertiary/aromatic N) is 1. The number of allylic oxidation sites excluding steroid dienone is 1. The van der Waals surface area contributed by atoms with Gasteiger partial charge >= 0.3 is 0 Å². The van der Waals surface area contributed by atoms with Gasteiger partial charge in [-0.3, -0.25) is 0 Å². The number of hydrogen-bond donors (Lipinski definition) is 0. The average Bonchev–Trinajstić information content (AvgIpc) is 2.88. The molecule has 2 atom stereocenters. The van der Waals surface area contributed by atoms with Gasteiger partial charge in [-0.05, 0) is 95.6 Å². The van der Waals surface area contributed by atoms with E-state index in [1.54, 1.807) is 14.1 Å². The molecule has 1 saturated carbocycles. The van der Waals surface area contributed by atoms with E-state index in [1.165, 1.54) is 23.5 Å². The van der Waals surface area contributed by atoms with Gasteiger partial charge in [0.15, 0.2) is 0 Å². The highest BCUT2D eigenvalue weighted by Gasteiger charge is 2.48. The third kappa shape index (κ3) is 5.48. The Morgan fingerprint density at radius 1 is 1.00 bits per heavy atom. The molecule has 2 aromatic rings. The molecule has 0 bridgehead atoms. The van der Waals surface area contributed by atoms with E-state index in [0.29, 0.717) is 23.9 Å². The van der Waals surface area contributed by atoms with Crippen molar-refractivity contribution in [1.82, 2.24) is 4.31 Å². The number of thioether (sulfide) groups is 2. The van der Waals surface area contributed by atoms with Crippen molar-refractivity contribution in [2.45, 2.75) is 69.6 Å². The molecule has 2 saturated heterocycles. The molecule has 194 valence electrons. The van der Waals surface area contributed by atoms with Crippen LogP contribution in [0, 0.1) is 11.3 Å². The van der Waals surface area contributed by atoms with Crippen molar-refractivity contribution in [3.63, 3.8) is 0 Å². The maximum absolute atomic E-state index is 13.8. The summed E-state index contributed by atoms with van der Waals surface area (Å²) in [6.07, 6.45) is 6.51. The van der Waals surface area contributed by atoms with Crippen LogP contribution in [-0.2, 0) is 21.9 Å². The maximum atomic E-state index is 13.8. The second-order valence-corrected chi connectivity index (χ2v) is 16.2. The minimum Gasteiger partial charge on any atom is -0.207 e. The molecule has 0 radical (unpaired) electrons. The van der Waals surface area contributed by atoms with Crippen molar-refractivity contribution in [3.8, 4) is 0 Å². The molecule has 1 aliphatic carbocycles. The van der Waals surface area contributed by atoms with E-state index in [9.17, 15) is 8.42 Å². The number of piperidine rings is 1. The van der Waals surface area contributed by atoms with Crippen molar-refractivity contribution >= 4 is 33.5 Å². The SMILES string of the molecule is CC(C)(C)c1ccc(S(=O)(=O)N2CCC3CC(=C4SCCCS4)CCC3(Cc3ccccc3)C2)cc1. The zero-order valence-electron chi connectivity index (χ0n) is 21.8. The lowest BCUT2D eigenvalue weighted by Crippen LogP contribution is -2.53. The standard InChI is InChI=1S/C30H39NO2S3/c1-29(2,3)25-10-12-27(13-11-25)36(32,33)31-17-15-26-20-24(28-34-18-7-19-35-28)14-16-30(26,22-31)21-23-8-5-4-6-9-23/h4-6,8-13,26H,7,14-22H2,1-3H3. The van der Waals surface area contributed by atoms with E-state index < -0.39 is 10.0 Å². The fourth-order valence-corrected chi connectivity index (χ4v) is 10.5. The summed E-state index contributed by atoms with van der Waals surface area (Å²) in [5.74, 6) is 3.02.